The van der Waals surface area contributed by atoms with E-state index in [9.17, 15) is 0 Å². The molecule has 1 heteroatoms. The molecule has 1 rings (SSSR count). The molecule has 1 heterocycles. The first kappa shape index (κ1) is 14.0. The molecule has 0 amide bonds. The van der Waals surface area contributed by atoms with Crippen molar-refractivity contribution in [2.24, 2.45) is 11.8 Å². The second kappa shape index (κ2) is 7.28. The van der Waals surface area contributed by atoms with Crippen molar-refractivity contribution in [2.45, 2.75) is 60.4 Å². The highest BCUT2D eigenvalue weighted by atomic mass is 15.2. The second-order valence-electron chi connectivity index (χ2n) is 4.48. The summed E-state index contributed by atoms with van der Waals surface area (Å²) in [7, 11) is 0. The van der Waals surface area contributed by atoms with Crippen molar-refractivity contribution in [1.82, 2.24) is 4.90 Å². The quantitative estimate of drug-likeness (QED) is 0.654. The molecule has 2 unspecified atom stereocenters. The minimum absolute atomic E-state index is 0.820. The molecular formula is C13H29N. The van der Waals surface area contributed by atoms with Gasteiger partial charge in [-0.15, -0.1) is 0 Å². The van der Waals surface area contributed by atoms with Crippen molar-refractivity contribution in [3.05, 3.63) is 0 Å². The van der Waals surface area contributed by atoms with E-state index in [4.69, 9.17) is 0 Å². The molecule has 1 aliphatic rings. The van der Waals surface area contributed by atoms with Gasteiger partial charge >= 0.3 is 0 Å². The lowest BCUT2D eigenvalue weighted by atomic mass is 9.84. The molecule has 0 N–H and O–H groups in total. The average Bonchev–Trinajstić information content (AvgIpc) is 2.19. The highest BCUT2D eigenvalue weighted by Crippen LogP contribution is 2.27. The first-order valence-electron chi connectivity index (χ1n) is 6.40. The number of hydrogen-bond donors (Lipinski definition) is 0. The fraction of sp³-hybridized carbons (Fsp3) is 1.00. The SMILES string of the molecule is CC.CCN1CCCC(C)C1C(C)C. The van der Waals surface area contributed by atoms with Gasteiger partial charge in [0.15, 0.2) is 0 Å². The highest BCUT2D eigenvalue weighted by molar-refractivity contribution is 4.83. The molecule has 1 nitrogen and oxygen atoms in total. The van der Waals surface area contributed by atoms with Crippen LogP contribution in [0.15, 0.2) is 0 Å². The highest BCUT2D eigenvalue weighted by Gasteiger charge is 2.29. The van der Waals surface area contributed by atoms with E-state index in [2.05, 4.69) is 32.6 Å². The van der Waals surface area contributed by atoms with Gasteiger partial charge in [-0.05, 0) is 37.8 Å². The molecule has 86 valence electrons. The van der Waals surface area contributed by atoms with E-state index in [0.29, 0.717) is 0 Å². The van der Waals surface area contributed by atoms with Gasteiger partial charge in [-0.25, -0.2) is 0 Å². The monoisotopic (exact) mass is 199 g/mol. The topological polar surface area (TPSA) is 3.24 Å². The molecule has 0 aromatic rings. The van der Waals surface area contributed by atoms with Gasteiger partial charge in [0, 0.05) is 6.04 Å². The Balaban J connectivity index is 0.000000791. The number of hydrogen-bond acceptors (Lipinski definition) is 1. The van der Waals surface area contributed by atoms with Gasteiger partial charge in [0.1, 0.15) is 0 Å². The molecule has 14 heavy (non-hydrogen) atoms. The van der Waals surface area contributed by atoms with Crippen molar-refractivity contribution < 1.29 is 0 Å². The molecular weight excluding hydrogens is 170 g/mol. The van der Waals surface area contributed by atoms with Crippen LogP contribution < -0.4 is 0 Å². The van der Waals surface area contributed by atoms with Crippen LogP contribution in [0.3, 0.4) is 0 Å². The molecule has 0 bridgehead atoms. The van der Waals surface area contributed by atoms with Crippen molar-refractivity contribution in [1.29, 1.82) is 0 Å². The summed E-state index contributed by atoms with van der Waals surface area (Å²) in [6.45, 7) is 16.0. The molecule has 1 saturated heterocycles. The zero-order chi connectivity index (χ0) is 11.1. The molecule has 0 aromatic heterocycles. The van der Waals surface area contributed by atoms with Crippen LogP contribution in [0.2, 0.25) is 0 Å². The Morgan fingerprint density at radius 2 is 1.86 bits per heavy atom. The van der Waals surface area contributed by atoms with E-state index in [1.165, 1.54) is 25.9 Å². The third-order valence-electron chi connectivity index (χ3n) is 3.20. The van der Waals surface area contributed by atoms with E-state index in [1.807, 2.05) is 13.8 Å². The largest absolute Gasteiger partial charge is 0.300 e. The van der Waals surface area contributed by atoms with Gasteiger partial charge in [-0.3, -0.25) is 0 Å². The summed E-state index contributed by atoms with van der Waals surface area (Å²) in [5.41, 5.74) is 0. The summed E-state index contributed by atoms with van der Waals surface area (Å²) < 4.78 is 0. The predicted molar refractivity (Wildman–Crippen MR) is 65.6 cm³/mol. The van der Waals surface area contributed by atoms with Gasteiger partial charge in [-0.1, -0.05) is 41.5 Å². The first-order valence-corrected chi connectivity index (χ1v) is 6.40. The van der Waals surface area contributed by atoms with Crippen LogP contribution in [-0.2, 0) is 0 Å². The molecule has 1 aliphatic heterocycles. The number of rotatable bonds is 2. The minimum atomic E-state index is 0.820. The number of likely N-dealkylation sites (tertiary alicyclic amines) is 1. The molecule has 1 fully saturated rings. The zero-order valence-corrected chi connectivity index (χ0v) is 11.0. The first-order chi connectivity index (χ1) is 6.66. The maximum absolute atomic E-state index is 2.65. The second-order valence-corrected chi connectivity index (χ2v) is 4.48. The molecule has 0 radical (unpaired) electrons. The summed E-state index contributed by atoms with van der Waals surface area (Å²) in [5, 5.41) is 0. The van der Waals surface area contributed by atoms with Gasteiger partial charge in [-0.2, -0.15) is 0 Å². The Morgan fingerprint density at radius 3 is 2.21 bits per heavy atom. The third kappa shape index (κ3) is 3.61. The minimum Gasteiger partial charge on any atom is -0.300 e. The van der Waals surface area contributed by atoms with E-state index in [1.54, 1.807) is 0 Å². The summed E-state index contributed by atoms with van der Waals surface area (Å²) in [4.78, 5) is 2.65. The van der Waals surface area contributed by atoms with Crippen LogP contribution in [0.25, 0.3) is 0 Å². The van der Waals surface area contributed by atoms with Gasteiger partial charge in [0.2, 0.25) is 0 Å². The molecule has 0 saturated carbocycles. The average molecular weight is 199 g/mol. The lowest BCUT2D eigenvalue weighted by Crippen LogP contribution is -2.47. The number of piperidine rings is 1. The lowest BCUT2D eigenvalue weighted by molar-refractivity contribution is 0.0729. The van der Waals surface area contributed by atoms with Crippen LogP contribution in [0, 0.1) is 11.8 Å². The smallest absolute Gasteiger partial charge is 0.0144 e. The standard InChI is InChI=1S/C11H23N.C2H6/c1-5-12-8-6-7-10(4)11(12)9(2)3;1-2/h9-11H,5-8H2,1-4H3;1-2H3. The third-order valence-corrected chi connectivity index (χ3v) is 3.20. The Kier molecular flexibility index (Phi) is 7.26. The summed E-state index contributed by atoms with van der Waals surface area (Å²) in [5.74, 6) is 1.72. The Bertz CT molecular complexity index is 131. The fourth-order valence-electron chi connectivity index (χ4n) is 2.74. The van der Waals surface area contributed by atoms with Crippen molar-refractivity contribution in [3.63, 3.8) is 0 Å². The van der Waals surface area contributed by atoms with E-state index >= 15 is 0 Å². The lowest BCUT2D eigenvalue weighted by Gasteiger charge is -2.42. The zero-order valence-electron chi connectivity index (χ0n) is 11.0. The summed E-state index contributed by atoms with van der Waals surface area (Å²) in [6, 6.07) is 0.837. The van der Waals surface area contributed by atoms with E-state index in [-0.39, 0.29) is 0 Å². The summed E-state index contributed by atoms with van der Waals surface area (Å²) >= 11 is 0. The Labute approximate surface area is 90.9 Å². The van der Waals surface area contributed by atoms with Crippen molar-refractivity contribution in [3.8, 4) is 0 Å². The number of nitrogens with zero attached hydrogens (tertiary/aromatic N) is 1. The Hall–Kier alpha value is -0.0400. The van der Waals surface area contributed by atoms with E-state index < -0.39 is 0 Å². The van der Waals surface area contributed by atoms with Gasteiger partial charge in [0.25, 0.3) is 0 Å². The maximum Gasteiger partial charge on any atom is 0.0144 e. The van der Waals surface area contributed by atoms with Crippen LogP contribution in [0.4, 0.5) is 0 Å². The summed E-state index contributed by atoms with van der Waals surface area (Å²) in [6.07, 6.45) is 2.83. The van der Waals surface area contributed by atoms with E-state index in [0.717, 1.165) is 17.9 Å². The molecule has 0 spiro atoms. The van der Waals surface area contributed by atoms with Crippen molar-refractivity contribution in [2.75, 3.05) is 13.1 Å². The van der Waals surface area contributed by atoms with Crippen LogP contribution in [-0.4, -0.2) is 24.0 Å². The maximum atomic E-state index is 2.65. The van der Waals surface area contributed by atoms with Gasteiger partial charge < -0.3 is 4.90 Å². The van der Waals surface area contributed by atoms with Crippen LogP contribution in [0.1, 0.15) is 54.4 Å². The van der Waals surface area contributed by atoms with Crippen LogP contribution in [0.5, 0.6) is 0 Å². The molecule has 0 aliphatic carbocycles. The fourth-order valence-corrected chi connectivity index (χ4v) is 2.74. The molecule has 2 atom stereocenters. The van der Waals surface area contributed by atoms with Crippen LogP contribution >= 0.6 is 0 Å². The molecule has 0 aromatic carbocycles. The van der Waals surface area contributed by atoms with Gasteiger partial charge in [0.05, 0.1) is 0 Å². The normalized spacial score (nSPS) is 28.5. The Morgan fingerprint density at radius 1 is 1.29 bits per heavy atom. The van der Waals surface area contributed by atoms with Crippen molar-refractivity contribution >= 4 is 0 Å². The predicted octanol–water partition coefficient (Wildman–Crippen LogP) is 3.79.